The van der Waals surface area contributed by atoms with Crippen LogP contribution in [0.15, 0.2) is 23.1 Å². The summed E-state index contributed by atoms with van der Waals surface area (Å²) in [6.07, 6.45) is 3.62. The molecular weight excluding hydrogens is 396 g/mol. The summed E-state index contributed by atoms with van der Waals surface area (Å²) < 4.78 is 28.5. The summed E-state index contributed by atoms with van der Waals surface area (Å²) >= 11 is 1.45. The fourth-order valence-electron chi connectivity index (χ4n) is 3.74. The number of aromatic nitrogens is 2. The van der Waals surface area contributed by atoms with E-state index in [1.165, 1.54) is 11.3 Å². The monoisotopic (exact) mass is 418 g/mol. The predicted molar refractivity (Wildman–Crippen MR) is 107 cm³/mol. The van der Waals surface area contributed by atoms with E-state index >= 15 is 0 Å². The van der Waals surface area contributed by atoms with Gasteiger partial charge in [-0.25, -0.2) is 13.1 Å². The highest BCUT2D eigenvalue weighted by Crippen LogP contribution is 2.47. The first-order valence-electron chi connectivity index (χ1n) is 9.55. The molecule has 148 valence electrons. The van der Waals surface area contributed by atoms with E-state index < -0.39 is 10.0 Å². The number of rotatable bonds is 6. The van der Waals surface area contributed by atoms with Crippen LogP contribution in [-0.4, -0.2) is 36.5 Å². The molecule has 2 fully saturated rings. The van der Waals surface area contributed by atoms with Gasteiger partial charge in [-0.3, -0.25) is 4.79 Å². The highest BCUT2D eigenvalue weighted by atomic mass is 32.2. The molecule has 3 aliphatic rings. The largest absolute Gasteiger partial charge is 0.315 e. The fourth-order valence-corrected chi connectivity index (χ4v) is 5.94. The molecule has 7 nitrogen and oxygen atoms in total. The lowest BCUT2D eigenvalue weighted by Crippen LogP contribution is -2.34. The van der Waals surface area contributed by atoms with Gasteiger partial charge in [0.1, 0.15) is 10.8 Å². The molecule has 0 spiro atoms. The van der Waals surface area contributed by atoms with Crippen molar-refractivity contribution in [1.29, 1.82) is 0 Å². The van der Waals surface area contributed by atoms with Crippen LogP contribution < -0.4 is 9.62 Å². The van der Waals surface area contributed by atoms with Crippen LogP contribution in [0.5, 0.6) is 0 Å². The molecule has 0 radical (unpaired) electrons. The van der Waals surface area contributed by atoms with E-state index in [4.69, 9.17) is 0 Å². The molecule has 0 amide bonds. The Kier molecular flexibility index (Phi) is 3.95. The minimum absolute atomic E-state index is 0.147. The molecule has 28 heavy (non-hydrogen) atoms. The summed E-state index contributed by atoms with van der Waals surface area (Å²) in [5.74, 6) is 0.162. The molecule has 0 saturated heterocycles. The van der Waals surface area contributed by atoms with Gasteiger partial charge in [-0.15, -0.1) is 10.2 Å². The van der Waals surface area contributed by atoms with E-state index in [0.29, 0.717) is 11.7 Å². The third kappa shape index (κ3) is 3.15. The quantitative estimate of drug-likeness (QED) is 0.775. The second-order valence-electron chi connectivity index (χ2n) is 8.33. The lowest BCUT2D eigenvalue weighted by Gasteiger charge is -2.17. The van der Waals surface area contributed by atoms with Crippen molar-refractivity contribution in [3.8, 4) is 0 Å². The summed E-state index contributed by atoms with van der Waals surface area (Å²) in [5.41, 5.74) is 1.30. The third-order valence-corrected chi connectivity index (χ3v) is 8.29. The average molecular weight is 419 g/mol. The van der Waals surface area contributed by atoms with Crippen molar-refractivity contribution in [2.45, 2.75) is 55.9 Å². The third-order valence-electron chi connectivity index (χ3n) is 5.79. The number of anilines is 2. The number of hydrogen-bond acceptors (Lipinski definition) is 7. The number of carbonyl (C=O) groups excluding carboxylic acids is 1. The molecule has 2 aromatic rings. The Morgan fingerprint density at radius 3 is 2.64 bits per heavy atom. The number of carbonyl (C=O) groups is 1. The van der Waals surface area contributed by atoms with Gasteiger partial charge >= 0.3 is 0 Å². The van der Waals surface area contributed by atoms with Crippen LogP contribution in [-0.2, 0) is 14.8 Å². The molecule has 9 heteroatoms. The van der Waals surface area contributed by atoms with Crippen LogP contribution in [0.25, 0.3) is 0 Å². The van der Waals surface area contributed by atoms with Crippen molar-refractivity contribution in [2.75, 3.05) is 11.4 Å². The molecule has 1 N–H and O–H groups in total. The number of benzene rings is 1. The summed E-state index contributed by atoms with van der Waals surface area (Å²) in [7, 11) is -3.61. The highest BCUT2D eigenvalue weighted by Gasteiger charge is 2.44. The topological polar surface area (TPSA) is 92.3 Å². The maximum Gasteiger partial charge on any atom is 0.241 e. The molecule has 5 rings (SSSR count). The second kappa shape index (κ2) is 6.08. The minimum atomic E-state index is -3.61. The Hall–Kier alpha value is -1.84. The Labute approximate surface area is 168 Å². The lowest BCUT2D eigenvalue weighted by atomic mass is 9.94. The number of Topliss-reactive ketones (excluding diaryl/α,β-unsaturated/α-hetero) is 1. The van der Waals surface area contributed by atoms with Crippen molar-refractivity contribution in [1.82, 2.24) is 14.9 Å². The lowest BCUT2D eigenvalue weighted by molar-refractivity contribution is -0.121. The predicted octanol–water partition coefficient (Wildman–Crippen LogP) is 2.89. The Morgan fingerprint density at radius 2 is 2.04 bits per heavy atom. The molecule has 1 atom stereocenters. The zero-order chi connectivity index (χ0) is 19.7. The van der Waals surface area contributed by atoms with Crippen LogP contribution in [0.2, 0.25) is 0 Å². The van der Waals surface area contributed by atoms with Gasteiger partial charge in [-0.05, 0) is 57.2 Å². The average Bonchev–Trinajstić information content (AvgIpc) is 3.54. The zero-order valence-electron chi connectivity index (χ0n) is 15.8. The number of sulfonamides is 1. The number of aryl methyl sites for hydroxylation is 1. The normalized spacial score (nSPS) is 22.9. The molecule has 1 aromatic carbocycles. The molecule has 2 heterocycles. The number of ketones is 1. The van der Waals surface area contributed by atoms with E-state index in [2.05, 4.69) is 14.9 Å². The summed E-state index contributed by atoms with van der Waals surface area (Å²) in [5, 5.41) is 9.85. The van der Waals surface area contributed by atoms with Crippen molar-refractivity contribution >= 4 is 38.0 Å². The van der Waals surface area contributed by atoms with E-state index in [-0.39, 0.29) is 28.1 Å². The minimum Gasteiger partial charge on any atom is -0.315 e. The van der Waals surface area contributed by atoms with Crippen LogP contribution in [0.4, 0.5) is 10.8 Å². The number of nitrogens with one attached hydrogen (secondary N) is 1. The molecule has 0 bridgehead atoms. The first-order valence-corrected chi connectivity index (χ1v) is 11.9. The van der Waals surface area contributed by atoms with Crippen LogP contribution in [0.3, 0.4) is 0 Å². The fraction of sp³-hybridized carbons (Fsp3) is 0.526. The summed E-state index contributed by atoms with van der Waals surface area (Å²) in [6, 6.07) is 5.10. The molecule has 1 aliphatic heterocycles. The van der Waals surface area contributed by atoms with Crippen molar-refractivity contribution < 1.29 is 13.2 Å². The SMILES string of the molecule is Cc1nnc(N2CC(C(=O)C3CC3)c3ccc(S(=O)(=O)NC4(C)CC4)cc32)s1. The van der Waals surface area contributed by atoms with Gasteiger partial charge in [0.2, 0.25) is 15.2 Å². The maximum atomic E-state index is 12.8. The first kappa shape index (κ1) is 18.2. The Bertz CT molecular complexity index is 1070. The molecule has 1 unspecified atom stereocenters. The van der Waals surface area contributed by atoms with Gasteiger partial charge in [0.05, 0.1) is 10.8 Å². The molecule has 2 aliphatic carbocycles. The van der Waals surface area contributed by atoms with Gasteiger partial charge < -0.3 is 4.90 Å². The van der Waals surface area contributed by atoms with Crippen LogP contribution in [0.1, 0.15) is 49.1 Å². The summed E-state index contributed by atoms with van der Waals surface area (Å²) in [4.78, 5) is 15.0. The Balaban J connectivity index is 1.56. The first-order chi connectivity index (χ1) is 13.3. The van der Waals surface area contributed by atoms with Gasteiger partial charge in [-0.1, -0.05) is 17.4 Å². The van der Waals surface area contributed by atoms with Gasteiger partial charge in [0.25, 0.3) is 0 Å². The maximum absolute atomic E-state index is 12.8. The van der Waals surface area contributed by atoms with Gasteiger partial charge in [0, 0.05) is 23.7 Å². The van der Waals surface area contributed by atoms with Crippen molar-refractivity contribution in [3.05, 3.63) is 28.8 Å². The van der Waals surface area contributed by atoms with E-state index in [9.17, 15) is 13.2 Å². The molecular formula is C19H22N4O3S2. The number of fused-ring (bicyclic) bond motifs is 1. The Morgan fingerprint density at radius 1 is 1.29 bits per heavy atom. The molecule has 1 aromatic heterocycles. The van der Waals surface area contributed by atoms with Gasteiger partial charge in [0.15, 0.2) is 0 Å². The van der Waals surface area contributed by atoms with Gasteiger partial charge in [-0.2, -0.15) is 0 Å². The molecule has 2 saturated carbocycles. The smallest absolute Gasteiger partial charge is 0.241 e. The second-order valence-corrected chi connectivity index (χ2v) is 11.2. The van der Waals surface area contributed by atoms with E-state index in [1.807, 2.05) is 18.7 Å². The summed E-state index contributed by atoms with van der Waals surface area (Å²) in [6.45, 7) is 4.29. The number of hydrogen-bond donors (Lipinski definition) is 1. The van der Waals surface area contributed by atoms with E-state index in [1.54, 1.807) is 18.2 Å². The van der Waals surface area contributed by atoms with Crippen LogP contribution in [0, 0.1) is 12.8 Å². The van der Waals surface area contributed by atoms with Crippen molar-refractivity contribution in [3.63, 3.8) is 0 Å². The van der Waals surface area contributed by atoms with E-state index in [0.717, 1.165) is 41.9 Å². The standard InChI is InChI=1S/C19H22N4O3S2/c1-11-20-21-18(27-11)23-10-15(17(24)12-3-4-12)14-6-5-13(9-16(14)23)28(25,26)22-19(2)7-8-19/h5-6,9,12,15,22H,3-4,7-8,10H2,1-2H3. The van der Waals surface area contributed by atoms with Crippen molar-refractivity contribution in [2.24, 2.45) is 5.92 Å². The highest BCUT2D eigenvalue weighted by molar-refractivity contribution is 7.89. The number of nitrogens with zero attached hydrogens (tertiary/aromatic N) is 3. The zero-order valence-corrected chi connectivity index (χ0v) is 17.4. The van der Waals surface area contributed by atoms with Crippen LogP contribution >= 0.6 is 11.3 Å².